The van der Waals surface area contributed by atoms with Crippen molar-refractivity contribution in [2.45, 2.75) is 6.54 Å². The maximum absolute atomic E-state index is 11.3. The molecule has 0 atom stereocenters. The van der Waals surface area contributed by atoms with E-state index >= 15 is 0 Å². The van der Waals surface area contributed by atoms with Crippen molar-refractivity contribution in [3.63, 3.8) is 0 Å². The molecule has 0 saturated heterocycles. The van der Waals surface area contributed by atoms with Crippen LogP contribution in [0.3, 0.4) is 0 Å². The summed E-state index contributed by atoms with van der Waals surface area (Å²) in [5, 5.41) is 9.98. The molecule has 0 saturated carbocycles. The molecule has 0 bridgehead atoms. The summed E-state index contributed by atoms with van der Waals surface area (Å²) in [4.78, 5) is 11.3. The number of rotatable bonds is 4. The highest BCUT2D eigenvalue weighted by Gasteiger charge is 2.11. The van der Waals surface area contributed by atoms with Crippen LogP contribution in [0, 0.1) is 0 Å². The largest absolute Gasteiger partial charge is 0.496 e. The minimum Gasteiger partial charge on any atom is -0.496 e. The fourth-order valence-electron chi connectivity index (χ4n) is 2.56. The predicted octanol–water partition coefficient (Wildman–Crippen LogP) is 3.40. The Labute approximate surface area is 122 Å². The molecule has 0 spiro atoms. The average Bonchev–Trinajstić information content (AvgIpc) is 2.91. The molecule has 0 aliphatic heterocycles. The van der Waals surface area contributed by atoms with Crippen molar-refractivity contribution in [3.8, 4) is 5.75 Å². The minimum absolute atomic E-state index is 0.325. The van der Waals surface area contributed by atoms with Crippen LogP contribution in [0.2, 0.25) is 0 Å². The van der Waals surface area contributed by atoms with Gasteiger partial charge in [-0.15, -0.1) is 0 Å². The molecule has 0 aliphatic rings. The van der Waals surface area contributed by atoms with E-state index in [1.165, 1.54) is 0 Å². The zero-order chi connectivity index (χ0) is 14.8. The van der Waals surface area contributed by atoms with Gasteiger partial charge in [0.2, 0.25) is 0 Å². The van der Waals surface area contributed by atoms with Crippen LogP contribution in [-0.2, 0) is 6.54 Å². The van der Waals surface area contributed by atoms with Gasteiger partial charge in [0.15, 0.2) is 0 Å². The lowest BCUT2D eigenvalue weighted by atomic mass is 10.1. The van der Waals surface area contributed by atoms with Crippen LogP contribution >= 0.6 is 0 Å². The van der Waals surface area contributed by atoms with Crippen LogP contribution in [0.25, 0.3) is 10.9 Å². The number of para-hydroxylation sites is 1. The number of aromatic carboxylic acids is 1. The van der Waals surface area contributed by atoms with Crippen LogP contribution in [-0.4, -0.2) is 22.8 Å². The van der Waals surface area contributed by atoms with Crippen molar-refractivity contribution >= 4 is 16.9 Å². The molecule has 1 N–H and O–H groups in total. The van der Waals surface area contributed by atoms with Crippen LogP contribution in [0.4, 0.5) is 0 Å². The zero-order valence-corrected chi connectivity index (χ0v) is 11.6. The predicted molar refractivity (Wildman–Crippen MR) is 81.0 cm³/mol. The monoisotopic (exact) mass is 281 g/mol. The SMILES string of the molecule is COc1ccccc1Cn1ccc2c(C(=O)O)cccc21. The summed E-state index contributed by atoms with van der Waals surface area (Å²) in [7, 11) is 1.65. The topological polar surface area (TPSA) is 51.5 Å². The van der Waals surface area contributed by atoms with Gasteiger partial charge in [0.1, 0.15) is 5.75 Å². The number of nitrogens with zero attached hydrogens (tertiary/aromatic N) is 1. The molecule has 3 aromatic rings. The Morgan fingerprint density at radius 2 is 1.95 bits per heavy atom. The fourth-order valence-corrected chi connectivity index (χ4v) is 2.56. The molecule has 2 aromatic carbocycles. The van der Waals surface area contributed by atoms with E-state index in [-0.39, 0.29) is 0 Å². The van der Waals surface area contributed by atoms with Gasteiger partial charge in [0, 0.05) is 22.7 Å². The number of fused-ring (bicyclic) bond motifs is 1. The van der Waals surface area contributed by atoms with Crippen LogP contribution in [0.15, 0.2) is 54.7 Å². The van der Waals surface area contributed by atoms with E-state index in [2.05, 4.69) is 0 Å². The first kappa shape index (κ1) is 13.2. The van der Waals surface area contributed by atoms with Crippen molar-refractivity contribution in [2.24, 2.45) is 0 Å². The average molecular weight is 281 g/mol. The van der Waals surface area contributed by atoms with Gasteiger partial charge in [-0.05, 0) is 24.3 Å². The molecule has 4 nitrogen and oxygen atoms in total. The minimum atomic E-state index is -0.907. The summed E-state index contributed by atoms with van der Waals surface area (Å²) < 4.78 is 7.39. The van der Waals surface area contributed by atoms with Crippen molar-refractivity contribution in [2.75, 3.05) is 7.11 Å². The Bertz CT molecular complexity index is 805. The number of hydrogen-bond donors (Lipinski definition) is 1. The molecule has 0 radical (unpaired) electrons. The van der Waals surface area contributed by atoms with Gasteiger partial charge in [0.25, 0.3) is 0 Å². The highest BCUT2D eigenvalue weighted by molar-refractivity contribution is 6.02. The Kier molecular flexibility index (Phi) is 3.36. The smallest absolute Gasteiger partial charge is 0.336 e. The molecular formula is C17H15NO3. The molecule has 3 rings (SSSR count). The first-order valence-corrected chi connectivity index (χ1v) is 6.64. The maximum Gasteiger partial charge on any atom is 0.336 e. The Morgan fingerprint density at radius 1 is 1.14 bits per heavy atom. The van der Waals surface area contributed by atoms with Gasteiger partial charge in [-0.3, -0.25) is 0 Å². The first-order valence-electron chi connectivity index (χ1n) is 6.64. The molecule has 0 fully saturated rings. The van der Waals surface area contributed by atoms with E-state index < -0.39 is 5.97 Å². The lowest BCUT2D eigenvalue weighted by Gasteiger charge is -2.10. The molecule has 0 aliphatic carbocycles. The maximum atomic E-state index is 11.3. The molecule has 0 amide bonds. The third-order valence-corrected chi connectivity index (χ3v) is 3.58. The number of ether oxygens (including phenoxy) is 1. The third kappa shape index (κ3) is 2.36. The first-order chi connectivity index (χ1) is 10.2. The normalized spacial score (nSPS) is 10.7. The molecule has 4 heteroatoms. The zero-order valence-electron chi connectivity index (χ0n) is 11.6. The van der Waals surface area contributed by atoms with Gasteiger partial charge < -0.3 is 14.4 Å². The van der Waals surface area contributed by atoms with E-state index in [1.54, 1.807) is 19.2 Å². The summed E-state index contributed by atoms with van der Waals surface area (Å²) in [5.74, 6) is -0.0793. The lowest BCUT2D eigenvalue weighted by molar-refractivity contribution is 0.0699. The number of methoxy groups -OCH3 is 1. The highest BCUT2D eigenvalue weighted by atomic mass is 16.5. The second kappa shape index (κ2) is 5.32. The van der Waals surface area contributed by atoms with E-state index in [4.69, 9.17) is 4.74 Å². The molecule has 0 unspecified atom stereocenters. The molecule has 106 valence electrons. The second-order valence-electron chi connectivity index (χ2n) is 4.80. The summed E-state index contributed by atoms with van der Waals surface area (Å²) in [5.41, 5.74) is 2.28. The fraction of sp³-hybridized carbons (Fsp3) is 0.118. The van der Waals surface area contributed by atoms with Crippen molar-refractivity contribution in [1.29, 1.82) is 0 Å². The van der Waals surface area contributed by atoms with Gasteiger partial charge in [-0.2, -0.15) is 0 Å². The molecule has 21 heavy (non-hydrogen) atoms. The number of carboxylic acid groups (broad SMARTS) is 1. The number of benzene rings is 2. The highest BCUT2D eigenvalue weighted by Crippen LogP contribution is 2.24. The second-order valence-corrected chi connectivity index (χ2v) is 4.80. The molecule has 1 heterocycles. The summed E-state index contributed by atoms with van der Waals surface area (Å²) >= 11 is 0. The van der Waals surface area contributed by atoms with Crippen molar-refractivity contribution in [1.82, 2.24) is 4.57 Å². The third-order valence-electron chi connectivity index (χ3n) is 3.58. The Hall–Kier alpha value is -2.75. The Morgan fingerprint density at radius 3 is 2.71 bits per heavy atom. The summed E-state index contributed by atoms with van der Waals surface area (Å²) in [6, 6.07) is 15.0. The van der Waals surface area contributed by atoms with Gasteiger partial charge in [0.05, 0.1) is 19.2 Å². The van der Waals surface area contributed by atoms with E-state index in [0.717, 1.165) is 22.2 Å². The number of hydrogen-bond acceptors (Lipinski definition) is 2. The lowest BCUT2D eigenvalue weighted by Crippen LogP contribution is -2.01. The quantitative estimate of drug-likeness (QED) is 0.797. The molecular weight excluding hydrogens is 266 g/mol. The van der Waals surface area contributed by atoms with E-state index in [9.17, 15) is 9.90 Å². The van der Waals surface area contributed by atoms with Crippen LogP contribution in [0.1, 0.15) is 15.9 Å². The number of carbonyl (C=O) groups is 1. The molecule has 1 aromatic heterocycles. The van der Waals surface area contributed by atoms with Crippen LogP contribution < -0.4 is 4.74 Å². The van der Waals surface area contributed by atoms with E-state index in [1.807, 2.05) is 47.2 Å². The summed E-state index contributed by atoms with van der Waals surface area (Å²) in [6.07, 6.45) is 1.91. The van der Waals surface area contributed by atoms with Gasteiger partial charge >= 0.3 is 5.97 Å². The van der Waals surface area contributed by atoms with Crippen molar-refractivity contribution in [3.05, 3.63) is 65.9 Å². The Balaban J connectivity index is 2.06. The number of aromatic nitrogens is 1. The van der Waals surface area contributed by atoms with Crippen LogP contribution in [0.5, 0.6) is 5.75 Å². The van der Waals surface area contributed by atoms with Gasteiger partial charge in [-0.1, -0.05) is 24.3 Å². The number of carboxylic acids is 1. The van der Waals surface area contributed by atoms with Crippen molar-refractivity contribution < 1.29 is 14.6 Å². The summed E-state index contributed by atoms with van der Waals surface area (Å²) in [6.45, 7) is 0.636. The standard InChI is InChI=1S/C17H15NO3/c1-21-16-8-3-2-5-12(16)11-18-10-9-13-14(17(19)20)6-4-7-15(13)18/h2-10H,11H2,1H3,(H,19,20). The van der Waals surface area contributed by atoms with Gasteiger partial charge in [-0.25, -0.2) is 4.79 Å². The van der Waals surface area contributed by atoms with E-state index in [0.29, 0.717) is 12.1 Å².